The molecular weight excluding hydrogens is 457 g/mol. The molecule has 36 heavy (non-hydrogen) atoms. The molecule has 3 heterocycles. The third-order valence-corrected chi connectivity index (χ3v) is 7.34. The molecule has 3 aromatic carbocycles. The van der Waals surface area contributed by atoms with E-state index in [4.69, 9.17) is 4.74 Å². The first-order valence-corrected chi connectivity index (χ1v) is 12.1. The summed E-state index contributed by atoms with van der Waals surface area (Å²) in [4.78, 5) is 34.4. The Morgan fingerprint density at radius 1 is 1.03 bits per heavy atom. The van der Waals surface area contributed by atoms with Crippen molar-refractivity contribution >= 4 is 22.7 Å². The van der Waals surface area contributed by atoms with Crippen molar-refractivity contribution in [2.24, 2.45) is 0 Å². The van der Waals surface area contributed by atoms with E-state index in [-0.39, 0.29) is 24.2 Å². The highest BCUT2D eigenvalue weighted by atomic mass is 19.1. The van der Waals surface area contributed by atoms with Gasteiger partial charge in [-0.05, 0) is 53.4 Å². The van der Waals surface area contributed by atoms with Crippen molar-refractivity contribution in [3.8, 4) is 5.75 Å². The highest BCUT2D eigenvalue weighted by Gasteiger charge is 2.48. The summed E-state index contributed by atoms with van der Waals surface area (Å²) in [6.45, 7) is 0.428. The highest BCUT2D eigenvalue weighted by Crippen LogP contribution is 2.43. The van der Waals surface area contributed by atoms with Crippen molar-refractivity contribution < 1.29 is 18.7 Å². The lowest BCUT2D eigenvalue weighted by molar-refractivity contribution is -0.158. The predicted octanol–water partition coefficient (Wildman–Crippen LogP) is 4.24. The normalized spacial score (nSPS) is 19.4. The van der Waals surface area contributed by atoms with E-state index in [1.54, 1.807) is 29.0 Å². The van der Waals surface area contributed by atoms with Gasteiger partial charge in [-0.2, -0.15) is 0 Å². The number of fused-ring (bicyclic) bond motifs is 4. The van der Waals surface area contributed by atoms with Gasteiger partial charge in [0.05, 0.1) is 19.7 Å². The zero-order valence-electron chi connectivity index (χ0n) is 19.9. The predicted molar refractivity (Wildman–Crippen MR) is 134 cm³/mol. The van der Waals surface area contributed by atoms with Crippen molar-refractivity contribution in [2.45, 2.75) is 24.9 Å². The summed E-state index contributed by atoms with van der Waals surface area (Å²) in [7, 11) is 1.62. The van der Waals surface area contributed by atoms with Gasteiger partial charge in [-0.15, -0.1) is 0 Å². The summed E-state index contributed by atoms with van der Waals surface area (Å²) in [5, 5.41) is 1.07. The number of amides is 2. The average Bonchev–Trinajstić information content (AvgIpc) is 3.28. The van der Waals surface area contributed by atoms with Crippen LogP contribution in [0.3, 0.4) is 0 Å². The molecular formula is C29H26FN3O3. The van der Waals surface area contributed by atoms with Crippen LogP contribution in [0.25, 0.3) is 10.9 Å². The number of aromatic amines is 1. The minimum atomic E-state index is -0.595. The SMILES string of the molecule is COc1cccc([C@H]2c3[nH]c4ccccc4c3C[C@H]3C(=O)N(CCc4ccc(F)cc4)CC(=O)N23)c1. The first-order chi connectivity index (χ1) is 17.5. The Morgan fingerprint density at radius 2 is 1.83 bits per heavy atom. The Morgan fingerprint density at radius 3 is 2.64 bits per heavy atom. The number of piperazine rings is 1. The van der Waals surface area contributed by atoms with Crippen LogP contribution in [0, 0.1) is 5.82 Å². The van der Waals surface area contributed by atoms with E-state index in [9.17, 15) is 14.0 Å². The molecule has 182 valence electrons. The number of hydrogen-bond acceptors (Lipinski definition) is 3. The van der Waals surface area contributed by atoms with Crippen LogP contribution < -0.4 is 4.74 Å². The Hall–Kier alpha value is -4.13. The van der Waals surface area contributed by atoms with Crippen molar-refractivity contribution in [3.63, 3.8) is 0 Å². The summed E-state index contributed by atoms with van der Waals surface area (Å²) >= 11 is 0. The van der Waals surface area contributed by atoms with E-state index in [1.807, 2.05) is 42.5 Å². The number of para-hydroxylation sites is 1. The van der Waals surface area contributed by atoms with Gasteiger partial charge in [0, 0.05) is 29.6 Å². The molecule has 0 bridgehead atoms. The van der Waals surface area contributed by atoms with Crippen molar-refractivity contribution in [3.05, 3.63) is 101 Å². The van der Waals surface area contributed by atoms with E-state index in [2.05, 4.69) is 11.1 Å². The molecule has 6 rings (SSSR count). The summed E-state index contributed by atoms with van der Waals surface area (Å²) < 4.78 is 18.7. The molecule has 6 nitrogen and oxygen atoms in total. The highest BCUT2D eigenvalue weighted by molar-refractivity contribution is 5.97. The van der Waals surface area contributed by atoms with Crippen molar-refractivity contribution in [1.82, 2.24) is 14.8 Å². The third-order valence-electron chi connectivity index (χ3n) is 7.34. The van der Waals surface area contributed by atoms with E-state index in [0.717, 1.165) is 33.3 Å². The van der Waals surface area contributed by atoms with E-state index < -0.39 is 12.1 Å². The maximum Gasteiger partial charge on any atom is 0.246 e. The van der Waals surface area contributed by atoms with Crippen LogP contribution in [0.5, 0.6) is 5.75 Å². The molecule has 7 heteroatoms. The maximum absolute atomic E-state index is 13.8. The Balaban J connectivity index is 1.39. The van der Waals surface area contributed by atoms with E-state index in [1.165, 1.54) is 12.1 Å². The number of halogens is 1. The number of carbonyl (C=O) groups excluding carboxylic acids is 2. The van der Waals surface area contributed by atoms with Crippen LogP contribution in [0.1, 0.15) is 28.4 Å². The van der Waals surface area contributed by atoms with Gasteiger partial charge in [-0.3, -0.25) is 9.59 Å². The molecule has 2 atom stereocenters. The molecule has 4 aromatic rings. The largest absolute Gasteiger partial charge is 0.497 e. The first-order valence-electron chi connectivity index (χ1n) is 12.1. The van der Waals surface area contributed by atoms with Crippen LogP contribution in [-0.4, -0.2) is 52.8 Å². The number of H-pyrrole nitrogens is 1. The van der Waals surface area contributed by atoms with Gasteiger partial charge >= 0.3 is 0 Å². The summed E-state index contributed by atoms with van der Waals surface area (Å²) in [6, 6.07) is 21.0. The fraction of sp³-hybridized carbons (Fsp3) is 0.241. The summed E-state index contributed by atoms with van der Waals surface area (Å²) in [6.07, 6.45) is 1.01. The molecule has 0 radical (unpaired) electrons. The second-order valence-corrected chi connectivity index (χ2v) is 9.40. The number of hydrogen-bond donors (Lipinski definition) is 1. The van der Waals surface area contributed by atoms with Gasteiger partial charge in [-0.25, -0.2) is 4.39 Å². The topological polar surface area (TPSA) is 65.6 Å². The van der Waals surface area contributed by atoms with Crippen LogP contribution in [0.15, 0.2) is 72.8 Å². The minimum absolute atomic E-state index is 0.0204. The van der Waals surface area contributed by atoms with Crippen LogP contribution in [0.4, 0.5) is 4.39 Å². The van der Waals surface area contributed by atoms with Crippen molar-refractivity contribution in [2.75, 3.05) is 20.2 Å². The minimum Gasteiger partial charge on any atom is -0.497 e. The average molecular weight is 484 g/mol. The standard InChI is InChI=1S/C29H26FN3O3/c1-36-21-6-4-5-19(15-21)28-27-23(22-7-2-3-8-24(22)31-27)16-25-29(35)32(17-26(34)33(25)28)14-13-18-9-11-20(30)12-10-18/h2-12,15,25,28,31H,13-14,16-17H2,1H3/t25-,28-/m0/s1. The second kappa shape index (κ2) is 8.82. The van der Waals surface area contributed by atoms with Crippen LogP contribution >= 0.6 is 0 Å². The third kappa shape index (κ3) is 3.71. The Labute approximate surface area is 208 Å². The van der Waals surface area contributed by atoms with Gasteiger partial charge < -0.3 is 19.5 Å². The zero-order chi connectivity index (χ0) is 24.8. The molecule has 1 fully saturated rings. The molecule has 0 aliphatic carbocycles. The number of aromatic nitrogens is 1. The quantitative estimate of drug-likeness (QED) is 0.462. The number of carbonyl (C=O) groups is 2. The Bertz CT molecular complexity index is 1460. The molecule has 1 N–H and O–H groups in total. The van der Waals surface area contributed by atoms with E-state index >= 15 is 0 Å². The van der Waals surface area contributed by atoms with Gasteiger partial charge in [0.25, 0.3) is 0 Å². The second-order valence-electron chi connectivity index (χ2n) is 9.40. The first kappa shape index (κ1) is 22.3. The molecule has 2 amide bonds. The fourth-order valence-corrected chi connectivity index (χ4v) is 5.59. The zero-order valence-corrected chi connectivity index (χ0v) is 19.9. The number of ether oxygens (including phenoxy) is 1. The van der Waals surface area contributed by atoms with Gasteiger partial charge in [0.2, 0.25) is 11.8 Å². The van der Waals surface area contributed by atoms with E-state index in [0.29, 0.717) is 25.1 Å². The molecule has 2 aliphatic rings. The number of nitrogens with zero attached hydrogens (tertiary/aromatic N) is 2. The lowest BCUT2D eigenvalue weighted by Gasteiger charge is -2.47. The monoisotopic (exact) mass is 483 g/mol. The molecule has 0 saturated carbocycles. The lowest BCUT2D eigenvalue weighted by atomic mass is 9.86. The smallest absolute Gasteiger partial charge is 0.246 e. The van der Waals surface area contributed by atoms with Crippen molar-refractivity contribution in [1.29, 1.82) is 0 Å². The number of nitrogens with one attached hydrogen (secondary N) is 1. The summed E-state index contributed by atoms with van der Waals surface area (Å²) in [5.74, 6) is 0.263. The fourth-order valence-electron chi connectivity index (χ4n) is 5.59. The van der Waals surface area contributed by atoms with Crippen LogP contribution in [-0.2, 0) is 22.4 Å². The van der Waals surface area contributed by atoms with Gasteiger partial charge in [0.15, 0.2) is 0 Å². The molecule has 1 saturated heterocycles. The van der Waals surface area contributed by atoms with Crippen LogP contribution in [0.2, 0.25) is 0 Å². The summed E-state index contributed by atoms with van der Waals surface area (Å²) in [5.41, 5.74) is 4.83. The maximum atomic E-state index is 13.8. The Kier molecular flexibility index (Phi) is 5.48. The molecule has 0 spiro atoms. The molecule has 0 unspecified atom stereocenters. The number of benzene rings is 3. The van der Waals surface area contributed by atoms with Gasteiger partial charge in [-0.1, -0.05) is 42.5 Å². The molecule has 1 aromatic heterocycles. The van der Waals surface area contributed by atoms with Gasteiger partial charge in [0.1, 0.15) is 17.6 Å². The number of methoxy groups -OCH3 is 1. The molecule has 2 aliphatic heterocycles. The number of rotatable bonds is 5. The lowest BCUT2D eigenvalue weighted by Crippen LogP contribution is -2.63.